The van der Waals surface area contributed by atoms with E-state index in [0.717, 1.165) is 56.5 Å². The molecule has 58 heavy (non-hydrogen) atoms. The van der Waals surface area contributed by atoms with E-state index in [0.29, 0.717) is 86.4 Å². The number of halogens is 4. The largest absolute Gasteiger partial charge is 0.490 e. The standard InChI is InChI=1S/C40H48ClF3N8O5S/c41-36-20-34(10-5-29(36)21-45)57-33-8-3-28(4-9-33)39(53)49-38-25-47-37(24-48-38)27-1-6-32(7-2-27)56-18-17-50-12-11-35(26-50)58(54,55)52-15-13-51(14-16-52)31-19-30(22-46-23-31)40(42,43)44/h5,10,19-20,22-25,27-28,32-33,35H,1-4,6-9,11-18,26H2,(H,48,49,53). The molecule has 13 nitrogen and oxygen atoms in total. The molecule has 4 heterocycles. The zero-order valence-electron chi connectivity index (χ0n) is 32.1. The number of benzene rings is 1. The molecular weight excluding hydrogens is 797 g/mol. The Kier molecular flexibility index (Phi) is 13.4. The summed E-state index contributed by atoms with van der Waals surface area (Å²) in [5.41, 5.74) is 0.814. The highest BCUT2D eigenvalue weighted by molar-refractivity contribution is 7.89. The molecule has 0 bridgehead atoms. The van der Waals surface area contributed by atoms with Crippen LogP contribution >= 0.6 is 11.6 Å². The van der Waals surface area contributed by atoms with Crippen LogP contribution in [0.3, 0.4) is 0 Å². The summed E-state index contributed by atoms with van der Waals surface area (Å²) in [7, 11) is -3.55. The summed E-state index contributed by atoms with van der Waals surface area (Å²) in [4.78, 5) is 29.8. The Morgan fingerprint density at radius 3 is 2.33 bits per heavy atom. The normalized spacial score (nSPS) is 24.9. The number of anilines is 2. The van der Waals surface area contributed by atoms with Gasteiger partial charge in [0, 0.05) is 63.4 Å². The SMILES string of the molecule is N#Cc1ccc(OC2CCC(C(=O)Nc3cnc(C4CCC(OCCN5CCC(S(=O)(=O)N6CCN(c7cncc(C(F)(F)F)c7)CC6)C5)CC4)cn3)CC2)cc1Cl. The van der Waals surface area contributed by atoms with Crippen molar-refractivity contribution < 1.29 is 35.9 Å². The molecule has 1 atom stereocenters. The van der Waals surface area contributed by atoms with Gasteiger partial charge in [-0.2, -0.15) is 22.7 Å². The Labute approximate surface area is 341 Å². The van der Waals surface area contributed by atoms with Gasteiger partial charge in [-0.3, -0.25) is 19.7 Å². The molecule has 2 aliphatic carbocycles. The quantitative estimate of drug-likeness (QED) is 0.220. The van der Waals surface area contributed by atoms with Crippen LogP contribution in [0.25, 0.3) is 0 Å². The maximum absolute atomic E-state index is 13.5. The molecule has 2 saturated carbocycles. The van der Waals surface area contributed by atoms with E-state index in [1.807, 2.05) is 6.07 Å². The highest BCUT2D eigenvalue weighted by Crippen LogP contribution is 2.35. The summed E-state index contributed by atoms with van der Waals surface area (Å²) in [6.07, 6.45) is 8.11. The monoisotopic (exact) mass is 844 g/mol. The summed E-state index contributed by atoms with van der Waals surface area (Å²) in [6, 6.07) is 8.13. The molecule has 2 aliphatic heterocycles. The van der Waals surface area contributed by atoms with Gasteiger partial charge in [0.05, 0.1) is 70.2 Å². The van der Waals surface area contributed by atoms with Gasteiger partial charge in [0.15, 0.2) is 5.82 Å². The van der Waals surface area contributed by atoms with Crippen LogP contribution in [0.5, 0.6) is 5.75 Å². The number of likely N-dealkylation sites (tertiary alicyclic amines) is 1. The molecule has 0 spiro atoms. The predicted octanol–water partition coefficient (Wildman–Crippen LogP) is 6.26. The van der Waals surface area contributed by atoms with E-state index >= 15 is 0 Å². The van der Waals surface area contributed by atoms with E-state index in [9.17, 15) is 26.4 Å². The maximum atomic E-state index is 13.5. The summed E-state index contributed by atoms with van der Waals surface area (Å²) < 4.78 is 80.2. The number of rotatable bonds is 12. The number of carbonyl (C=O) groups is 1. The number of nitriles is 1. The fraction of sp³-hybridized carbons (Fsp3) is 0.575. The van der Waals surface area contributed by atoms with Gasteiger partial charge in [0.1, 0.15) is 11.8 Å². The topological polar surface area (TPSA) is 154 Å². The lowest BCUT2D eigenvalue weighted by Crippen LogP contribution is -2.51. The molecule has 1 N–H and O–H groups in total. The lowest BCUT2D eigenvalue weighted by molar-refractivity contribution is -0.137. The van der Waals surface area contributed by atoms with Crippen molar-refractivity contribution in [2.75, 3.05) is 62.6 Å². The number of piperazine rings is 1. The first-order valence-electron chi connectivity index (χ1n) is 19.9. The number of pyridine rings is 1. The van der Waals surface area contributed by atoms with Crippen molar-refractivity contribution in [1.82, 2.24) is 24.2 Å². The minimum atomic E-state index is -4.49. The van der Waals surface area contributed by atoms with Gasteiger partial charge >= 0.3 is 6.18 Å². The number of nitrogens with one attached hydrogen (secondary N) is 1. The lowest BCUT2D eigenvalue weighted by Gasteiger charge is -2.36. The summed E-state index contributed by atoms with van der Waals surface area (Å²) in [5, 5.41) is 11.8. The van der Waals surface area contributed by atoms with Gasteiger partial charge in [-0.15, -0.1) is 0 Å². The molecule has 2 saturated heterocycles. The molecule has 3 aromatic rings. The van der Waals surface area contributed by atoms with E-state index in [1.54, 1.807) is 35.5 Å². The van der Waals surface area contributed by atoms with Gasteiger partial charge in [0.25, 0.3) is 0 Å². The average molecular weight is 845 g/mol. The van der Waals surface area contributed by atoms with Crippen LogP contribution in [0, 0.1) is 17.2 Å². The van der Waals surface area contributed by atoms with Crippen LogP contribution in [0.2, 0.25) is 5.02 Å². The fourth-order valence-electron chi connectivity index (χ4n) is 8.42. The minimum absolute atomic E-state index is 0.0232. The number of carbonyl (C=O) groups excluding carboxylic acids is 1. The number of ether oxygens (including phenoxy) is 2. The van der Waals surface area contributed by atoms with Gasteiger partial charge in [-0.25, -0.2) is 13.4 Å². The van der Waals surface area contributed by atoms with E-state index in [4.69, 9.17) is 26.3 Å². The Hall–Kier alpha value is -4.08. The average Bonchev–Trinajstić information content (AvgIpc) is 3.72. The van der Waals surface area contributed by atoms with Crippen LogP contribution in [0.1, 0.15) is 80.5 Å². The first-order chi connectivity index (χ1) is 27.8. The second-order valence-corrected chi connectivity index (χ2v) is 18.2. The smallest absolute Gasteiger partial charge is 0.417 e. The molecule has 4 aliphatic rings. The van der Waals surface area contributed by atoms with Gasteiger partial charge in [-0.05, 0) is 82.5 Å². The van der Waals surface area contributed by atoms with Crippen LogP contribution in [0.15, 0.2) is 49.1 Å². The number of nitrogens with zero attached hydrogens (tertiary/aromatic N) is 7. The van der Waals surface area contributed by atoms with E-state index in [2.05, 4.69) is 25.2 Å². The van der Waals surface area contributed by atoms with Crippen LogP contribution in [0.4, 0.5) is 24.7 Å². The van der Waals surface area contributed by atoms with Crippen molar-refractivity contribution in [3.8, 4) is 11.8 Å². The van der Waals surface area contributed by atoms with Gasteiger partial charge < -0.3 is 19.7 Å². The maximum Gasteiger partial charge on any atom is 0.417 e. The third-order valence-electron chi connectivity index (χ3n) is 11.9. The molecule has 1 aromatic carbocycles. The molecular formula is C40H48ClF3N8O5S. The van der Waals surface area contributed by atoms with E-state index in [1.165, 1.54) is 10.5 Å². The third kappa shape index (κ3) is 10.4. The second kappa shape index (κ2) is 18.5. The molecule has 7 rings (SSSR count). The number of aromatic nitrogens is 3. The molecule has 0 radical (unpaired) electrons. The van der Waals surface area contributed by atoms with Crippen molar-refractivity contribution >= 4 is 39.0 Å². The predicted molar refractivity (Wildman–Crippen MR) is 211 cm³/mol. The molecule has 18 heteroatoms. The Morgan fingerprint density at radius 1 is 0.914 bits per heavy atom. The van der Waals surface area contributed by atoms with Crippen LogP contribution < -0.4 is 15.0 Å². The van der Waals surface area contributed by atoms with E-state index < -0.39 is 27.0 Å². The number of hydrogen-bond acceptors (Lipinski definition) is 11. The van der Waals surface area contributed by atoms with Crippen LogP contribution in [-0.2, 0) is 25.7 Å². The molecule has 1 amide bonds. The fourth-order valence-corrected chi connectivity index (χ4v) is 10.5. The van der Waals surface area contributed by atoms with Crippen molar-refractivity contribution in [2.45, 2.75) is 87.3 Å². The number of amides is 1. The van der Waals surface area contributed by atoms with Crippen molar-refractivity contribution in [1.29, 1.82) is 5.26 Å². The second-order valence-electron chi connectivity index (χ2n) is 15.6. The first kappa shape index (κ1) is 42.1. The minimum Gasteiger partial charge on any atom is -0.490 e. The summed E-state index contributed by atoms with van der Waals surface area (Å²) in [6.45, 7) is 3.27. The van der Waals surface area contributed by atoms with Crippen molar-refractivity contribution in [2.24, 2.45) is 5.92 Å². The first-order valence-corrected chi connectivity index (χ1v) is 21.8. The Balaban J connectivity index is 0.773. The van der Waals surface area contributed by atoms with Gasteiger partial charge in [-0.1, -0.05) is 11.6 Å². The lowest BCUT2D eigenvalue weighted by atomic mass is 9.85. The highest BCUT2D eigenvalue weighted by Gasteiger charge is 2.39. The van der Waals surface area contributed by atoms with E-state index in [-0.39, 0.29) is 43.0 Å². The Bertz CT molecular complexity index is 2030. The molecule has 1 unspecified atom stereocenters. The van der Waals surface area contributed by atoms with Crippen LogP contribution in [-0.4, -0.2) is 108 Å². The molecule has 312 valence electrons. The third-order valence-corrected chi connectivity index (χ3v) is 14.5. The number of sulfonamides is 1. The number of alkyl halides is 3. The zero-order chi connectivity index (χ0) is 40.9. The van der Waals surface area contributed by atoms with Gasteiger partial charge in [0.2, 0.25) is 15.9 Å². The Morgan fingerprint density at radius 2 is 1.66 bits per heavy atom. The summed E-state index contributed by atoms with van der Waals surface area (Å²) >= 11 is 6.13. The van der Waals surface area contributed by atoms with Crippen molar-refractivity contribution in [3.05, 3.63) is 70.9 Å². The number of hydrogen-bond donors (Lipinski definition) is 1. The van der Waals surface area contributed by atoms with Crippen molar-refractivity contribution in [3.63, 3.8) is 0 Å². The highest BCUT2D eigenvalue weighted by atomic mass is 35.5. The summed E-state index contributed by atoms with van der Waals surface area (Å²) in [5.74, 6) is 1.09. The molecule has 4 fully saturated rings. The molecule has 2 aromatic heterocycles. The zero-order valence-corrected chi connectivity index (χ0v) is 33.7.